The lowest BCUT2D eigenvalue weighted by Gasteiger charge is -2.25. The minimum Gasteiger partial charge on any atom is -0.391 e. The molecule has 0 saturated heterocycles. The van der Waals surface area contributed by atoms with Gasteiger partial charge in [-0.3, -0.25) is 9.78 Å². The van der Waals surface area contributed by atoms with E-state index in [2.05, 4.69) is 9.71 Å². The Morgan fingerprint density at radius 1 is 0.950 bits per heavy atom. The minimum absolute atomic E-state index is 0.0488. The molecule has 8 heteroatoms. The zero-order chi connectivity index (χ0) is 28.1. The highest BCUT2D eigenvalue weighted by atomic mass is 32.2. The lowest BCUT2D eigenvalue weighted by Crippen LogP contribution is -2.34. The van der Waals surface area contributed by atoms with Gasteiger partial charge in [0.1, 0.15) is 0 Å². The molecular weight excluding hydrogens is 522 g/mol. The van der Waals surface area contributed by atoms with Crippen molar-refractivity contribution >= 4 is 21.6 Å². The summed E-state index contributed by atoms with van der Waals surface area (Å²) in [7, 11) is -3.88. The highest BCUT2D eigenvalue weighted by molar-refractivity contribution is 7.89. The topological polar surface area (TPSA) is 99.6 Å². The number of carbonyl (C=O) groups excluding carboxylic acids is 1. The fourth-order valence-corrected chi connectivity index (χ4v) is 6.33. The number of anilines is 1. The summed E-state index contributed by atoms with van der Waals surface area (Å²) in [5, 5.41) is 10.9. The number of aliphatic hydroxyl groups is 1. The Kier molecular flexibility index (Phi) is 8.40. The number of hydrogen-bond acceptors (Lipinski definition) is 5. The molecule has 0 saturated carbocycles. The lowest BCUT2D eigenvalue weighted by molar-refractivity contribution is -0.118. The molecular formula is C32H33N3O4S. The summed E-state index contributed by atoms with van der Waals surface area (Å²) in [5.41, 5.74) is 5.23. The third kappa shape index (κ3) is 6.31. The van der Waals surface area contributed by atoms with Gasteiger partial charge in [0.25, 0.3) is 0 Å². The second-order valence-electron chi connectivity index (χ2n) is 10.1. The number of aliphatic hydroxyl groups excluding tert-OH is 1. The number of hydrogen-bond donors (Lipinski definition) is 2. The Morgan fingerprint density at radius 2 is 1.68 bits per heavy atom. The van der Waals surface area contributed by atoms with E-state index in [0.717, 1.165) is 28.7 Å². The first kappa shape index (κ1) is 27.7. The van der Waals surface area contributed by atoms with Crippen LogP contribution in [0.15, 0.2) is 102 Å². The summed E-state index contributed by atoms with van der Waals surface area (Å²) in [6, 6.07) is 25.1. The number of aryl methyl sites for hydroxylation is 2. The molecule has 1 aromatic heterocycles. The first-order valence-corrected chi connectivity index (χ1v) is 15.0. The number of fused-ring (bicyclic) bond motifs is 1. The smallest absolute Gasteiger partial charge is 0.241 e. The van der Waals surface area contributed by atoms with Crippen LogP contribution in [0.3, 0.4) is 0 Å². The maximum absolute atomic E-state index is 13.6. The molecule has 4 aromatic rings. The van der Waals surface area contributed by atoms with Gasteiger partial charge < -0.3 is 10.0 Å². The van der Waals surface area contributed by atoms with Crippen molar-refractivity contribution in [3.05, 3.63) is 125 Å². The number of benzene rings is 3. The third-order valence-corrected chi connectivity index (χ3v) is 8.83. The van der Waals surface area contributed by atoms with Crippen LogP contribution in [0.1, 0.15) is 47.2 Å². The number of sulfonamides is 1. The van der Waals surface area contributed by atoms with Gasteiger partial charge in [0, 0.05) is 30.9 Å². The standard InChI is InChI=1S/C32H33N3O4S/c1-2-23-8-13-28(14-9-23)40(38,39)34-32-29-21-27(12-11-26(29)20-30(32)36)35(22-25-16-18-33-19-17-25)31(37)15-10-24-6-4-3-5-7-24/h3-9,11-14,16-19,21,30,32,34,36H,2,10,15,20,22H2,1H3. The Hall–Kier alpha value is -3.85. The van der Waals surface area contributed by atoms with Gasteiger partial charge in [-0.15, -0.1) is 0 Å². The van der Waals surface area contributed by atoms with Crippen LogP contribution in [-0.4, -0.2) is 30.5 Å². The molecule has 0 radical (unpaired) electrons. The highest BCUT2D eigenvalue weighted by Crippen LogP contribution is 2.36. The van der Waals surface area contributed by atoms with Crippen molar-refractivity contribution in [3.8, 4) is 0 Å². The summed E-state index contributed by atoms with van der Waals surface area (Å²) >= 11 is 0. The number of carbonyl (C=O) groups is 1. The maximum atomic E-state index is 13.6. The maximum Gasteiger partial charge on any atom is 0.241 e. The Labute approximate surface area is 235 Å². The van der Waals surface area contributed by atoms with Gasteiger partial charge in [0.05, 0.1) is 23.6 Å². The van der Waals surface area contributed by atoms with Crippen molar-refractivity contribution in [2.75, 3.05) is 4.90 Å². The van der Waals surface area contributed by atoms with E-state index in [1.807, 2.05) is 67.6 Å². The van der Waals surface area contributed by atoms with Crippen LogP contribution >= 0.6 is 0 Å². The van der Waals surface area contributed by atoms with Crippen LogP contribution in [0.5, 0.6) is 0 Å². The van der Waals surface area contributed by atoms with Crippen LogP contribution in [-0.2, 0) is 40.6 Å². The predicted octanol–water partition coefficient (Wildman–Crippen LogP) is 4.75. The molecule has 40 heavy (non-hydrogen) atoms. The third-order valence-electron chi connectivity index (χ3n) is 7.38. The van der Waals surface area contributed by atoms with Gasteiger partial charge in [-0.05, 0) is 77.1 Å². The minimum atomic E-state index is -3.88. The Balaban J connectivity index is 1.43. The summed E-state index contributed by atoms with van der Waals surface area (Å²) in [5.74, 6) is -0.0488. The van der Waals surface area contributed by atoms with E-state index in [9.17, 15) is 18.3 Å². The number of rotatable bonds is 10. The van der Waals surface area contributed by atoms with Gasteiger partial charge in [0.15, 0.2) is 0 Å². The molecule has 0 fully saturated rings. The van der Waals surface area contributed by atoms with Gasteiger partial charge in [-0.2, -0.15) is 0 Å². The zero-order valence-electron chi connectivity index (χ0n) is 22.4. The highest BCUT2D eigenvalue weighted by Gasteiger charge is 2.35. The quantitative estimate of drug-likeness (QED) is 0.294. The first-order valence-electron chi connectivity index (χ1n) is 13.5. The van der Waals surface area contributed by atoms with E-state index in [-0.39, 0.29) is 10.8 Å². The van der Waals surface area contributed by atoms with Gasteiger partial charge in [-0.1, -0.05) is 55.5 Å². The van der Waals surface area contributed by atoms with E-state index >= 15 is 0 Å². The molecule has 0 aliphatic heterocycles. The van der Waals surface area contributed by atoms with E-state index in [1.165, 1.54) is 0 Å². The molecule has 3 aromatic carbocycles. The van der Waals surface area contributed by atoms with Crippen molar-refractivity contribution in [1.29, 1.82) is 0 Å². The molecule has 7 nitrogen and oxygen atoms in total. The summed E-state index contributed by atoms with van der Waals surface area (Å²) in [4.78, 5) is 19.5. The molecule has 2 unspecified atom stereocenters. The van der Waals surface area contributed by atoms with Crippen LogP contribution in [0.25, 0.3) is 0 Å². The van der Waals surface area contributed by atoms with Crippen molar-refractivity contribution in [2.45, 2.75) is 56.2 Å². The van der Waals surface area contributed by atoms with Gasteiger partial charge in [-0.25, -0.2) is 13.1 Å². The SMILES string of the molecule is CCc1ccc(S(=O)(=O)NC2c3cc(N(Cc4ccncc4)C(=O)CCc4ccccc4)ccc3CC2O)cc1. The zero-order valence-corrected chi connectivity index (χ0v) is 23.2. The van der Waals surface area contributed by atoms with Crippen molar-refractivity contribution in [1.82, 2.24) is 9.71 Å². The molecule has 0 bridgehead atoms. The number of nitrogens with one attached hydrogen (secondary N) is 1. The molecule has 2 N–H and O–H groups in total. The molecule has 0 spiro atoms. The molecule has 5 rings (SSSR count). The molecule has 1 aliphatic carbocycles. The fraction of sp³-hybridized carbons (Fsp3) is 0.250. The number of amides is 1. The molecule has 1 aliphatic rings. The largest absolute Gasteiger partial charge is 0.391 e. The Morgan fingerprint density at radius 3 is 2.38 bits per heavy atom. The predicted molar refractivity (Wildman–Crippen MR) is 155 cm³/mol. The fourth-order valence-electron chi connectivity index (χ4n) is 5.08. The van der Waals surface area contributed by atoms with E-state index < -0.39 is 22.2 Å². The Bertz CT molecular complexity index is 1560. The molecule has 1 amide bonds. The van der Waals surface area contributed by atoms with E-state index in [4.69, 9.17) is 0 Å². The normalized spacial score (nSPS) is 16.4. The monoisotopic (exact) mass is 555 g/mol. The van der Waals surface area contributed by atoms with Crippen LogP contribution in [0.4, 0.5) is 5.69 Å². The van der Waals surface area contributed by atoms with Crippen LogP contribution < -0.4 is 9.62 Å². The lowest BCUT2D eigenvalue weighted by atomic mass is 10.1. The second kappa shape index (κ2) is 12.1. The first-order chi connectivity index (χ1) is 19.3. The number of nitrogens with zero attached hydrogens (tertiary/aromatic N) is 2. The van der Waals surface area contributed by atoms with Crippen molar-refractivity contribution in [3.63, 3.8) is 0 Å². The van der Waals surface area contributed by atoms with Crippen molar-refractivity contribution < 1.29 is 18.3 Å². The average molecular weight is 556 g/mol. The van der Waals surface area contributed by atoms with Crippen LogP contribution in [0, 0.1) is 0 Å². The van der Waals surface area contributed by atoms with Gasteiger partial charge in [0.2, 0.25) is 15.9 Å². The molecule has 1 heterocycles. The second-order valence-corrected chi connectivity index (χ2v) is 11.8. The summed E-state index contributed by atoms with van der Waals surface area (Å²) in [6.45, 7) is 2.35. The van der Waals surface area contributed by atoms with E-state index in [0.29, 0.717) is 37.1 Å². The average Bonchev–Trinajstić information content (AvgIpc) is 3.29. The van der Waals surface area contributed by atoms with Crippen LogP contribution in [0.2, 0.25) is 0 Å². The number of aromatic nitrogens is 1. The summed E-state index contributed by atoms with van der Waals surface area (Å²) < 4.78 is 29.2. The van der Waals surface area contributed by atoms with E-state index in [1.54, 1.807) is 41.6 Å². The molecule has 2 atom stereocenters. The summed E-state index contributed by atoms with van der Waals surface area (Å²) in [6.07, 6.45) is 4.53. The van der Waals surface area contributed by atoms with Crippen molar-refractivity contribution in [2.24, 2.45) is 0 Å². The molecule has 206 valence electrons. The van der Waals surface area contributed by atoms with Gasteiger partial charge >= 0.3 is 0 Å². The number of pyridine rings is 1.